The minimum atomic E-state index is -0.674. The van der Waals surface area contributed by atoms with Gasteiger partial charge in [0.25, 0.3) is 0 Å². The molecule has 5 nitrogen and oxygen atoms in total. The fourth-order valence-electron chi connectivity index (χ4n) is 1.92. The number of fused-ring (bicyclic) bond motifs is 1. The summed E-state index contributed by atoms with van der Waals surface area (Å²) in [6.45, 7) is 0. The highest BCUT2D eigenvalue weighted by Crippen LogP contribution is 2.34. The van der Waals surface area contributed by atoms with Gasteiger partial charge in [-0.1, -0.05) is 0 Å². The van der Waals surface area contributed by atoms with Crippen LogP contribution in [-0.2, 0) is 16.0 Å². The third-order valence-corrected chi connectivity index (χ3v) is 3.23. The van der Waals surface area contributed by atoms with Gasteiger partial charge in [0.05, 0.1) is 12.0 Å². The van der Waals surface area contributed by atoms with Gasteiger partial charge in [-0.2, -0.15) is 0 Å². The Balaban J connectivity index is 1.79. The van der Waals surface area contributed by atoms with Crippen LogP contribution in [0.25, 0.3) is 0 Å². The Morgan fingerprint density at radius 2 is 2.18 bits per heavy atom. The second-order valence-electron chi connectivity index (χ2n) is 4.71. The van der Waals surface area contributed by atoms with E-state index in [4.69, 9.17) is 5.73 Å². The molecule has 1 fully saturated rings. The van der Waals surface area contributed by atoms with Crippen molar-refractivity contribution in [2.75, 3.05) is 10.6 Å². The van der Waals surface area contributed by atoms with Crippen LogP contribution in [0, 0.1) is 0 Å². The van der Waals surface area contributed by atoms with Crippen molar-refractivity contribution in [3.8, 4) is 0 Å². The maximum absolute atomic E-state index is 11.7. The first-order valence-corrected chi connectivity index (χ1v) is 5.60. The summed E-state index contributed by atoms with van der Waals surface area (Å²) in [4.78, 5) is 22.9. The number of hydrogen-bond acceptors (Lipinski definition) is 3. The highest BCUT2D eigenvalue weighted by atomic mass is 16.2. The quantitative estimate of drug-likeness (QED) is 0.697. The Morgan fingerprint density at radius 1 is 1.41 bits per heavy atom. The second-order valence-corrected chi connectivity index (χ2v) is 4.71. The minimum absolute atomic E-state index is 0.0130. The van der Waals surface area contributed by atoms with Gasteiger partial charge >= 0.3 is 0 Å². The minimum Gasteiger partial charge on any atom is -0.326 e. The van der Waals surface area contributed by atoms with Gasteiger partial charge in [0, 0.05) is 11.4 Å². The highest BCUT2D eigenvalue weighted by molar-refractivity contribution is 6.02. The molecule has 0 aromatic heterocycles. The average Bonchev–Trinajstić information content (AvgIpc) is 2.91. The topological polar surface area (TPSA) is 84.2 Å². The zero-order chi connectivity index (χ0) is 12.0. The molecular weight excluding hydrogens is 218 g/mol. The number of carbonyl (C=O) groups excluding carboxylic acids is 2. The lowest BCUT2D eigenvalue weighted by Crippen LogP contribution is -2.37. The lowest BCUT2D eigenvalue weighted by molar-refractivity contribution is -0.118. The summed E-state index contributed by atoms with van der Waals surface area (Å²) in [6.07, 6.45) is 1.85. The van der Waals surface area contributed by atoms with Crippen LogP contribution in [0.5, 0.6) is 0 Å². The Hall–Kier alpha value is -1.88. The summed E-state index contributed by atoms with van der Waals surface area (Å²) in [6, 6.07) is 5.39. The molecule has 1 saturated carbocycles. The van der Waals surface area contributed by atoms with Gasteiger partial charge < -0.3 is 16.4 Å². The zero-order valence-electron chi connectivity index (χ0n) is 9.25. The summed E-state index contributed by atoms with van der Waals surface area (Å²) >= 11 is 0. The molecule has 0 bridgehead atoms. The van der Waals surface area contributed by atoms with E-state index < -0.39 is 5.54 Å². The summed E-state index contributed by atoms with van der Waals surface area (Å²) in [5.41, 5.74) is 7.55. The van der Waals surface area contributed by atoms with Crippen LogP contribution in [0.3, 0.4) is 0 Å². The third-order valence-electron chi connectivity index (χ3n) is 3.23. The van der Waals surface area contributed by atoms with E-state index in [1.54, 1.807) is 12.1 Å². The van der Waals surface area contributed by atoms with Crippen molar-refractivity contribution in [3.63, 3.8) is 0 Å². The first-order chi connectivity index (χ1) is 8.07. The Kier molecular flexibility index (Phi) is 2.00. The van der Waals surface area contributed by atoms with Gasteiger partial charge in [-0.3, -0.25) is 9.59 Å². The van der Waals surface area contributed by atoms with E-state index in [-0.39, 0.29) is 11.8 Å². The fraction of sp³-hybridized carbons (Fsp3) is 0.333. The largest absolute Gasteiger partial charge is 0.326 e. The van der Waals surface area contributed by atoms with E-state index in [2.05, 4.69) is 10.6 Å². The van der Waals surface area contributed by atoms with Crippen LogP contribution in [0.4, 0.5) is 11.4 Å². The molecule has 4 N–H and O–H groups in total. The SMILES string of the molecule is NC1(C(=O)Nc2ccc3c(c2)CC(=O)N3)CC1. The molecule has 2 amide bonds. The number of amides is 2. The number of nitrogens with one attached hydrogen (secondary N) is 2. The molecule has 2 aliphatic rings. The molecule has 1 aromatic carbocycles. The van der Waals surface area contributed by atoms with Gasteiger partial charge in [-0.05, 0) is 36.6 Å². The molecule has 1 aliphatic heterocycles. The van der Waals surface area contributed by atoms with E-state index in [1.165, 1.54) is 0 Å². The Labute approximate surface area is 98.4 Å². The smallest absolute Gasteiger partial charge is 0.244 e. The van der Waals surface area contributed by atoms with Crippen LogP contribution in [0.15, 0.2) is 18.2 Å². The van der Waals surface area contributed by atoms with Gasteiger partial charge in [-0.25, -0.2) is 0 Å². The highest BCUT2D eigenvalue weighted by Gasteiger charge is 2.45. The third kappa shape index (κ3) is 1.78. The van der Waals surface area contributed by atoms with Crippen molar-refractivity contribution < 1.29 is 9.59 Å². The van der Waals surface area contributed by atoms with Crippen molar-refractivity contribution in [2.45, 2.75) is 24.8 Å². The number of benzene rings is 1. The van der Waals surface area contributed by atoms with Crippen LogP contribution in [0.2, 0.25) is 0 Å². The monoisotopic (exact) mass is 231 g/mol. The Bertz CT molecular complexity index is 520. The van der Waals surface area contributed by atoms with E-state index in [1.807, 2.05) is 6.07 Å². The predicted molar refractivity (Wildman–Crippen MR) is 63.6 cm³/mol. The molecular formula is C12H13N3O2. The van der Waals surface area contributed by atoms with Gasteiger partial charge in [0.2, 0.25) is 11.8 Å². The van der Waals surface area contributed by atoms with E-state index in [0.29, 0.717) is 12.1 Å². The van der Waals surface area contributed by atoms with E-state index >= 15 is 0 Å². The molecule has 1 aromatic rings. The van der Waals surface area contributed by atoms with Gasteiger partial charge in [0.15, 0.2) is 0 Å². The van der Waals surface area contributed by atoms with Crippen LogP contribution < -0.4 is 16.4 Å². The lowest BCUT2D eigenvalue weighted by atomic mass is 10.1. The Morgan fingerprint density at radius 3 is 2.88 bits per heavy atom. The maximum atomic E-state index is 11.7. The molecule has 5 heteroatoms. The normalized spacial score (nSPS) is 19.5. The molecule has 0 unspecified atom stereocenters. The molecule has 0 spiro atoms. The van der Waals surface area contributed by atoms with Crippen molar-refractivity contribution in [3.05, 3.63) is 23.8 Å². The predicted octanol–water partition coefficient (Wildman–Crippen LogP) is 0.611. The second kappa shape index (κ2) is 3.30. The summed E-state index contributed by atoms with van der Waals surface area (Å²) in [5, 5.41) is 5.53. The number of rotatable bonds is 2. The van der Waals surface area contributed by atoms with Gasteiger partial charge in [-0.15, -0.1) is 0 Å². The van der Waals surface area contributed by atoms with E-state index in [9.17, 15) is 9.59 Å². The molecule has 0 saturated heterocycles. The first-order valence-electron chi connectivity index (χ1n) is 5.60. The van der Waals surface area contributed by atoms with Crippen molar-refractivity contribution in [2.24, 2.45) is 5.73 Å². The van der Waals surface area contributed by atoms with Crippen molar-refractivity contribution in [1.82, 2.24) is 0 Å². The molecule has 3 rings (SSSR count). The summed E-state index contributed by atoms with van der Waals surface area (Å²) < 4.78 is 0. The average molecular weight is 231 g/mol. The number of anilines is 2. The number of carbonyl (C=O) groups is 2. The molecule has 0 atom stereocenters. The van der Waals surface area contributed by atoms with Crippen LogP contribution in [0.1, 0.15) is 18.4 Å². The lowest BCUT2D eigenvalue weighted by Gasteiger charge is -2.10. The summed E-state index contributed by atoms with van der Waals surface area (Å²) in [5.74, 6) is -0.157. The first kappa shape index (κ1) is 10.3. The molecule has 1 heterocycles. The maximum Gasteiger partial charge on any atom is 0.244 e. The molecule has 88 valence electrons. The van der Waals surface area contributed by atoms with Crippen molar-refractivity contribution >= 4 is 23.2 Å². The van der Waals surface area contributed by atoms with Crippen LogP contribution >= 0.6 is 0 Å². The summed E-state index contributed by atoms with van der Waals surface area (Å²) in [7, 11) is 0. The number of nitrogens with two attached hydrogens (primary N) is 1. The molecule has 1 aliphatic carbocycles. The fourth-order valence-corrected chi connectivity index (χ4v) is 1.92. The number of hydrogen-bond donors (Lipinski definition) is 3. The van der Waals surface area contributed by atoms with Crippen molar-refractivity contribution in [1.29, 1.82) is 0 Å². The van der Waals surface area contributed by atoms with Gasteiger partial charge in [0.1, 0.15) is 0 Å². The standard InChI is InChI=1S/C12H13N3O2/c13-12(3-4-12)11(17)14-8-1-2-9-7(5-8)6-10(16)15-9/h1-2,5H,3-4,6,13H2,(H,14,17)(H,15,16). The van der Waals surface area contributed by atoms with E-state index in [0.717, 1.165) is 24.1 Å². The molecule has 0 radical (unpaired) electrons. The zero-order valence-corrected chi connectivity index (χ0v) is 9.25. The molecule has 17 heavy (non-hydrogen) atoms. The van der Waals surface area contributed by atoms with Crippen LogP contribution in [-0.4, -0.2) is 17.4 Å².